The number of thiocarbonyl (C=S) groups is 1. The van der Waals surface area contributed by atoms with Crippen LogP contribution in [0.25, 0.3) is 17.2 Å². The first kappa shape index (κ1) is 28.2. The summed E-state index contributed by atoms with van der Waals surface area (Å²) in [5, 5.41) is 10.8. The van der Waals surface area contributed by atoms with Crippen molar-refractivity contribution in [2.45, 2.75) is 19.0 Å². The molecule has 0 bridgehead atoms. The van der Waals surface area contributed by atoms with Crippen LogP contribution < -0.4 is 4.74 Å². The van der Waals surface area contributed by atoms with Gasteiger partial charge in [-0.05, 0) is 65.4 Å². The van der Waals surface area contributed by atoms with Crippen LogP contribution >= 0.6 is 46.9 Å². The number of hydrogen-bond donors (Lipinski definition) is 1. The van der Waals surface area contributed by atoms with Crippen LogP contribution in [-0.4, -0.2) is 39.4 Å². The molecule has 0 spiro atoms. The second-order valence-electron chi connectivity index (χ2n) is 8.18. The number of nitrogens with zero attached hydrogens (tertiary/aromatic N) is 1. The van der Waals surface area contributed by atoms with Crippen LogP contribution in [0.2, 0.25) is 5.02 Å². The minimum absolute atomic E-state index is 0.0984. The van der Waals surface area contributed by atoms with E-state index < -0.39 is 17.7 Å². The number of amides is 1. The Morgan fingerprint density at radius 1 is 1.18 bits per heavy atom. The van der Waals surface area contributed by atoms with Crippen molar-refractivity contribution < 1.29 is 32.6 Å². The largest absolute Gasteiger partial charge is 0.494 e. The van der Waals surface area contributed by atoms with Crippen molar-refractivity contribution in [3.05, 3.63) is 79.8 Å². The van der Waals surface area contributed by atoms with E-state index in [1.807, 2.05) is 0 Å². The van der Waals surface area contributed by atoms with E-state index in [9.17, 15) is 22.8 Å². The third-order valence-corrected chi connectivity index (χ3v) is 8.01. The molecule has 1 saturated heterocycles. The zero-order valence-corrected chi connectivity index (χ0v) is 22.7. The summed E-state index contributed by atoms with van der Waals surface area (Å²) in [6, 6.07) is 11.7. The number of halogens is 4. The highest BCUT2D eigenvalue weighted by atomic mass is 35.5. The molecule has 4 rings (SSSR count). The Kier molecular flexibility index (Phi) is 8.81. The van der Waals surface area contributed by atoms with E-state index in [0.717, 1.165) is 23.9 Å². The van der Waals surface area contributed by atoms with Gasteiger partial charge in [-0.1, -0.05) is 47.7 Å². The first-order valence-corrected chi connectivity index (χ1v) is 13.6. The number of thioether (sulfide) groups is 1. The number of carbonyl (C=O) groups excluding carboxylic acids is 1. The molecule has 3 aromatic rings. The predicted molar refractivity (Wildman–Crippen MR) is 148 cm³/mol. The lowest BCUT2D eigenvalue weighted by atomic mass is 10.1. The molecule has 38 heavy (non-hydrogen) atoms. The highest BCUT2D eigenvalue weighted by Crippen LogP contribution is 2.39. The Hall–Kier alpha value is -2.86. The summed E-state index contributed by atoms with van der Waals surface area (Å²) in [6.07, 6.45) is -2.42. The van der Waals surface area contributed by atoms with Crippen molar-refractivity contribution in [1.82, 2.24) is 4.90 Å². The first-order chi connectivity index (χ1) is 18.0. The molecule has 0 radical (unpaired) electrons. The van der Waals surface area contributed by atoms with Gasteiger partial charge in [-0.15, -0.1) is 11.3 Å². The normalized spacial score (nSPS) is 14.9. The molecule has 1 N–H and O–H groups in total. The van der Waals surface area contributed by atoms with Crippen LogP contribution in [0.5, 0.6) is 5.75 Å². The van der Waals surface area contributed by atoms with Crippen LogP contribution in [0, 0.1) is 0 Å². The minimum Gasteiger partial charge on any atom is -0.494 e. The monoisotopic (exact) mass is 597 g/mol. The summed E-state index contributed by atoms with van der Waals surface area (Å²) in [7, 11) is 0. The lowest BCUT2D eigenvalue weighted by Gasteiger charge is -2.14. The highest BCUT2D eigenvalue weighted by molar-refractivity contribution is 8.26. The average molecular weight is 598 g/mol. The minimum atomic E-state index is -4.48. The van der Waals surface area contributed by atoms with Crippen molar-refractivity contribution in [2.75, 3.05) is 13.2 Å². The van der Waals surface area contributed by atoms with Gasteiger partial charge in [0.2, 0.25) is 0 Å². The summed E-state index contributed by atoms with van der Waals surface area (Å²) in [4.78, 5) is 26.4. The van der Waals surface area contributed by atoms with E-state index in [-0.39, 0.29) is 22.9 Å². The standard InChI is InChI=1S/C26H19ClF3NO4S3/c27-21-6-5-17(26(28,29)30)12-20(21)16-11-19(37-14-16)13-22-24(34)31(25(36)38-22)7-2-8-35-18-4-1-3-15(9-18)10-23(32)33/h1,3-6,9,11-14H,2,7-8,10H2,(H,32,33)/b22-13-. The highest BCUT2D eigenvalue weighted by Gasteiger charge is 2.32. The SMILES string of the molecule is O=C(O)Cc1cccc(OCCCN2C(=O)/C(=C/c3cc(-c4cc(C(F)(F)F)ccc4Cl)cs3)SC2=S)c1. The number of thiophene rings is 1. The molecule has 1 amide bonds. The molecular weight excluding hydrogens is 579 g/mol. The number of rotatable bonds is 9. The number of hydrogen-bond acceptors (Lipinski definition) is 6. The van der Waals surface area contributed by atoms with E-state index in [2.05, 4.69) is 0 Å². The Bertz CT molecular complexity index is 1420. The average Bonchev–Trinajstić information content (AvgIpc) is 3.40. The zero-order chi connectivity index (χ0) is 27.4. The van der Waals surface area contributed by atoms with Gasteiger partial charge in [0, 0.05) is 22.0 Å². The van der Waals surface area contributed by atoms with Gasteiger partial charge in [0.15, 0.2) is 0 Å². The predicted octanol–water partition coefficient (Wildman–Crippen LogP) is 7.38. The van der Waals surface area contributed by atoms with Gasteiger partial charge in [-0.3, -0.25) is 14.5 Å². The fraction of sp³-hybridized carbons (Fsp3) is 0.192. The molecule has 0 saturated carbocycles. The number of ether oxygens (including phenoxy) is 1. The van der Waals surface area contributed by atoms with Gasteiger partial charge in [0.05, 0.1) is 23.5 Å². The van der Waals surface area contributed by atoms with Gasteiger partial charge in [-0.2, -0.15) is 13.2 Å². The Balaban J connectivity index is 1.37. The smallest absolute Gasteiger partial charge is 0.416 e. The number of aliphatic carboxylic acids is 1. The first-order valence-electron chi connectivity index (χ1n) is 11.2. The molecule has 1 aliphatic heterocycles. The Morgan fingerprint density at radius 3 is 2.71 bits per heavy atom. The molecule has 1 aliphatic rings. The third kappa shape index (κ3) is 6.96. The van der Waals surface area contributed by atoms with E-state index in [0.29, 0.717) is 50.6 Å². The number of carboxylic acids is 1. The van der Waals surface area contributed by atoms with Crippen LogP contribution in [0.3, 0.4) is 0 Å². The van der Waals surface area contributed by atoms with Crippen LogP contribution in [0.4, 0.5) is 13.2 Å². The third-order valence-electron chi connectivity index (χ3n) is 5.42. The van der Waals surface area contributed by atoms with Crippen molar-refractivity contribution >= 4 is 69.2 Å². The quantitative estimate of drug-likeness (QED) is 0.158. The summed E-state index contributed by atoms with van der Waals surface area (Å²) in [5.41, 5.74) is 0.627. The molecular formula is C26H19ClF3NO4S3. The maximum Gasteiger partial charge on any atom is 0.416 e. The molecule has 1 aromatic heterocycles. The summed E-state index contributed by atoms with van der Waals surface area (Å²) >= 11 is 14.0. The van der Waals surface area contributed by atoms with Gasteiger partial charge in [0.25, 0.3) is 5.91 Å². The van der Waals surface area contributed by atoms with E-state index >= 15 is 0 Å². The van der Waals surface area contributed by atoms with E-state index in [1.165, 1.54) is 22.3 Å². The molecule has 0 atom stereocenters. The van der Waals surface area contributed by atoms with Gasteiger partial charge in [-0.25, -0.2) is 0 Å². The second kappa shape index (κ2) is 11.9. The summed E-state index contributed by atoms with van der Waals surface area (Å²) in [5.74, 6) is -0.637. The molecule has 12 heteroatoms. The Labute approximate surface area is 234 Å². The van der Waals surface area contributed by atoms with Crippen LogP contribution in [0.1, 0.15) is 22.4 Å². The van der Waals surface area contributed by atoms with Gasteiger partial charge >= 0.3 is 12.1 Å². The number of carboxylic acid groups (broad SMARTS) is 1. The van der Waals surface area contributed by atoms with E-state index in [1.54, 1.807) is 41.8 Å². The molecule has 2 aromatic carbocycles. The molecule has 0 unspecified atom stereocenters. The second-order valence-corrected chi connectivity index (χ2v) is 11.2. The van der Waals surface area contributed by atoms with Gasteiger partial charge in [0.1, 0.15) is 10.1 Å². The number of benzene rings is 2. The van der Waals surface area contributed by atoms with Crippen molar-refractivity contribution in [3.63, 3.8) is 0 Å². The Morgan fingerprint density at radius 2 is 1.97 bits per heavy atom. The molecule has 2 heterocycles. The maximum absolute atomic E-state index is 13.1. The van der Waals surface area contributed by atoms with Crippen molar-refractivity contribution in [1.29, 1.82) is 0 Å². The molecule has 198 valence electrons. The maximum atomic E-state index is 13.1. The molecule has 5 nitrogen and oxygen atoms in total. The van der Waals surface area contributed by atoms with Crippen molar-refractivity contribution in [2.24, 2.45) is 0 Å². The molecule has 0 aliphatic carbocycles. The number of alkyl halides is 3. The van der Waals surface area contributed by atoms with E-state index in [4.69, 9.17) is 33.7 Å². The lowest BCUT2D eigenvalue weighted by molar-refractivity contribution is -0.138. The zero-order valence-electron chi connectivity index (χ0n) is 19.5. The van der Waals surface area contributed by atoms with Crippen LogP contribution in [0.15, 0.2) is 58.8 Å². The van der Waals surface area contributed by atoms with Gasteiger partial charge < -0.3 is 9.84 Å². The fourth-order valence-corrected chi connectivity index (χ4v) is 6.09. The number of carbonyl (C=O) groups is 2. The topological polar surface area (TPSA) is 66.8 Å². The molecule has 1 fully saturated rings. The summed E-state index contributed by atoms with van der Waals surface area (Å²) in [6.45, 7) is 0.644. The lowest BCUT2D eigenvalue weighted by Crippen LogP contribution is -2.29. The fourth-order valence-electron chi connectivity index (χ4n) is 3.65. The van der Waals surface area contributed by atoms with Crippen LogP contribution in [-0.2, 0) is 22.2 Å². The van der Waals surface area contributed by atoms with Crippen molar-refractivity contribution in [3.8, 4) is 16.9 Å². The summed E-state index contributed by atoms with van der Waals surface area (Å²) < 4.78 is 45.5.